The Hall–Kier alpha value is -1.46. The van der Waals surface area contributed by atoms with Gasteiger partial charge in [0.1, 0.15) is 0 Å². The molecule has 4 N–H and O–H groups in total. The number of carbonyl (C=O) groups is 1. The van der Waals surface area contributed by atoms with Crippen LogP contribution in [-0.4, -0.2) is 5.91 Å². The average molecular weight is 345 g/mol. The van der Waals surface area contributed by atoms with Crippen LogP contribution in [0.4, 0.5) is 11.4 Å². The van der Waals surface area contributed by atoms with Gasteiger partial charge in [-0.25, -0.2) is 0 Å². The number of amides is 1. The highest BCUT2D eigenvalue weighted by molar-refractivity contribution is 6.42. The third-order valence-electron chi connectivity index (χ3n) is 2.82. The van der Waals surface area contributed by atoms with E-state index in [0.29, 0.717) is 22.0 Å². The fourth-order valence-corrected chi connectivity index (χ4v) is 2.73. The predicted octanol–water partition coefficient (Wildman–Crippen LogP) is 4.49. The fourth-order valence-electron chi connectivity index (χ4n) is 1.81. The van der Waals surface area contributed by atoms with Crippen LogP contribution >= 0.6 is 34.8 Å². The average Bonchev–Trinajstić information content (AvgIpc) is 2.42. The highest BCUT2D eigenvalue weighted by atomic mass is 35.5. The van der Waals surface area contributed by atoms with E-state index in [4.69, 9.17) is 40.6 Å². The van der Waals surface area contributed by atoms with Gasteiger partial charge < -0.3 is 10.7 Å². The standard InChI is InChI=1S/C14H12Cl3N3O/c1-7-2-3-12(20-18)9(4-7)14(21)19-13-10(16)5-8(15)6-11(13)17/h2-6,20H,18H2,1H3,(H,19,21). The molecule has 7 heteroatoms. The zero-order valence-electron chi connectivity index (χ0n) is 11.0. The lowest BCUT2D eigenvalue weighted by Crippen LogP contribution is -2.17. The van der Waals surface area contributed by atoms with E-state index in [-0.39, 0.29) is 16.0 Å². The van der Waals surface area contributed by atoms with Crippen molar-refractivity contribution >= 4 is 52.1 Å². The smallest absolute Gasteiger partial charge is 0.257 e. The van der Waals surface area contributed by atoms with Crippen molar-refractivity contribution in [2.45, 2.75) is 6.92 Å². The van der Waals surface area contributed by atoms with Gasteiger partial charge in [-0.3, -0.25) is 10.6 Å². The van der Waals surface area contributed by atoms with Crippen LogP contribution < -0.4 is 16.6 Å². The first kappa shape index (κ1) is 15.9. The SMILES string of the molecule is Cc1ccc(NN)c(C(=O)Nc2c(Cl)cc(Cl)cc2Cl)c1. The number of carbonyl (C=O) groups excluding carboxylic acids is 1. The van der Waals surface area contributed by atoms with Crippen molar-refractivity contribution in [3.05, 3.63) is 56.5 Å². The summed E-state index contributed by atoms with van der Waals surface area (Å²) in [6.45, 7) is 1.87. The first-order valence-corrected chi connectivity index (χ1v) is 7.09. The van der Waals surface area contributed by atoms with Gasteiger partial charge in [0, 0.05) is 5.02 Å². The molecule has 0 aromatic heterocycles. The molecule has 110 valence electrons. The maximum Gasteiger partial charge on any atom is 0.257 e. The molecule has 0 aliphatic rings. The number of halogens is 3. The summed E-state index contributed by atoms with van der Waals surface area (Å²) >= 11 is 17.9. The summed E-state index contributed by atoms with van der Waals surface area (Å²) < 4.78 is 0. The third-order valence-corrected chi connectivity index (χ3v) is 3.64. The van der Waals surface area contributed by atoms with E-state index in [1.54, 1.807) is 12.1 Å². The van der Waals surface area contributed by atoms with Crippen LogP contribution in [0.15, 0.2) is 30.3 Å². The Bertz CT molecular complexity index is 681. The summed E-state index contributed by atoms with van der Waals surface area (Å²) in [5.41, 5.74) is 4.59. The second kappa shape index (κ2) is 6.54. The third kappa shape index (κ3) is 3.60. The van der Waals surface area contributed by atoms with Gasteiger partial charge in [0.05, 0.1) is 27.0 Å². The minimum atomic E-state index is -0.377. The van der Waals surface area contributed by atoms with Crippen LogP contribution in [-0.2, 0) is 0 Å². The van der Waals surface area contributed by atoms with Crippen molar-refractivity contribution in [3.8, 4) is 0 Å². The van der Waals surface area contributed by atoms with Gasteiger partial charge >= 0.3 is 0 Å². The molecule has 0 aliphatic carbocycles. The topological polar surface area (TPSA) is 67.1 Å². The molecular weight excluding hydrogens is 333 g/mol. The van der Waals surface area contributed by atoms with Crippen molar-refractivity contribution in [1.29, 1.82) is 0 Å². The number of nitrogen functional groups attached to an aromatic ring is 1. The molecule has 0 saturated heterocycles. The molecule has 2 aromatic carbocycles. The van der Waals surface area contributed by atoms with E-state index >= 15 is 0 Å². The van der Waals surface area contributed by atoms with E-state index in [1.807, 2.05) is 13.0 Å². The molecular formula is C14H12Cl3N3O. The Morgan fingerprint density at radius 2 is 1.71 bits per heavy atom. The van der Waals surface area contributed by atoms with E-state index in [9.17, 15) is 4.79 Å². The molecule has 0 spiro atoms. The van der Waals surface area contributed by atoms with Gasteiger partial charge in [-0.1, -0.05) is 46.4 Å². The second-order valence-corrected chi connectivity index (χ2v) is 5.64. The van der Waals surface area contributed by atoms with E-state index < -0.39 is 0 Å². The lowest BCUT2D eigenvalue weighted by molar-refractivity contribution is 0.102. The maximum atomic E-state index is 12.4. The molecule has 0 radical (unpaired) electrons. The summed E-state index contributed by atoms with van der Waals surface area (Å²) in [6, 6.07) is 8.28. The Morgan fingerprint density at radius 3 is 2.29 bits per heavy atom. The fraction of sp³-hybridized carbons (Fsp3) is 0.0714. The molecule has 0 fully saturated rings. The molecule has 21 heavy (non-hydrogen) atoms. The molecule has 1 amide bonds. The molecule has 0 bridgehead atoms. The first-order chi connectivity index (χ1) is 9.92. The first-order valence-electron chi connectivity index (χ1n) is 5.95. The maximum absolute atomic E-state index is 12.4. The van der Waals surface area contributed by atoms with Gasteiger partial charge in [0.2, 0.25) is 0 Å². The number of nitrogens with two attached hydrogens (primary N) is 1. The van der Waals surface area contributed by atoms with Crippen LogP contribution in [0.5, 0.6) is 0 Å². The Balaban J connectivity index is 2.37. The lowest BCUT2D eigenvalue weighted by Gasteiger charge is -2.13. The van der Waals surface area contributed by atoms with Crippen molar-refractivity contribution in [3.63, 3.8) is 0 Å². The van der Waals surface area contributed by atoms with Gasteiger partial charge in [0.25, 0.3) is 5.91 Å². The molecule has 0 unspecified atom stereocenters. The summed E-state index contributed by atoms with van der Waals surface area (Å²) in [6.07, 6.45) is 0. The molecule has 0 aliphatic heterocycles. The van der Waals surface area contributed by atoms with Gasteiger partial charge in [0.15, 0.2) is 0 Å². The van der Waals surface area contributed by atoms with Crippen molar-refractivity contribution in [1.82, 2.24) is 0 Å². The molecule has 0 atom stereocenters. The van der Waals surface area contributed by atoms with Crippen LogP contribution in [0.2, 0.25) is 15.1 Å². The van der Waals surface area contributed by atoms with Gasteiger partial charge in [-0.2, -0.15) is 0 Å². The normalized spacial score (nSPS) is 10.3. The van der Waals surface area contributed by atoms with E-state index in [0.717, 1.165) is 5.56 Å². The second-order valence-electron chi connectivity index (χ2n) is 4.39. The molecule has 0 heterocycles. The number of benzene rings is 2. The van der Waals surface area contributed by atoms with E-state index in [2.05, 4.69) is 10.7 Å². The number of rotatable bonds is 3. The summed E-state index contributed by atoms with van der Waals surface area (Å²) in [4.78, 5) is 12.4. The summed E-state index contributed by atoms with van der Waals surface area (Å²) in [5.74, 6) is 5.03. The monoisotopic (exact) mass is 343 g/mol. The van der Waals surface area contributed by atoms with Crippen LogP contribution in [0.25, 0.3) is 0 Å². The van der Waals surface area contributed by atoms with Crippen molar-refractivity contribution in [2.75, 3.05) is 10.7 Å². The minimum absolute atomic E-state index is 0.260. The van der Waals surface area contributed by atoms with Crippen molar-refractivity contribution < 1.29 is 4.79 Å². The van der Waals surface area contributed by atoms with Crippen LogP contribution in [0, 0.1) is 6.92 Å². The number of anilines is 2. The Labute approximate surface area is 137 Å². The quantitative estimate of drug-likeness (QED) is 0.567. The van der Waals surface area contributed by atoms with Crippen LogP contribution in [0.1, 0.15) is 15.9 Å². The predicted molar refractivity (Wildman–Crippen MR) is 88.4 cm³/mol. The molecule has 4 nitrogen and oxygen atoms in total. The zero-order valence-corrected chi connectivity index (χ0v) is 13.3. The molecule has 2 aromatic rings. The number of nitrogens with one attached hydrogen (secondary N) is 2. The summed E-state index contributed by atoms with van der Waals surface area (Å²) in [5, 5.41) is 3.58. The number of aryl methyl sites for hydroxylation is 1. The zero-order chi connectivity index (χ0) is 15.6. The summed E-state index contributed by atoms with van der Waals surface area (Å²) in [7, 11) is 0. The molecule has 2 rings (SSSR count). The number of hydrogen-bond acceptors (Lipinski definition) is 3. The Morgan fingerprint density at radius 1 is 1.10 bits per heavy atom. The minimum Gasteiger partial charge on any atom is -0.323 e. The largest absolute Gasteiger partial charge is 0.323 e. The number of hydrazine groups is 1. The highest BCUT2D eigenvalue weighted by Gasteiger charge is 2.15. The van der Waals surface area contributed by atoms with Gasteiger partial charge in [-0.15, -0.1) is 0 Å². The number of hydrogen-bond donors (Lipinski definition) is 3. The molecule has 0 saturated carbocycles. The van der Waals surface area contributed by atoms with Crippen molar-refractivity contribution in [2.24, 2.45) is 5.84 Å². The lowest BCUT2D eigenvalue weighted by atomic mass is 10.1. The van der Waals surface area contributed by atoms with Gasteiger partial charge in [-0.05, 0) is 31.2 Å². The van der Waals surface area contributed by atoms with Crippen LogP contribution in [0.3, 0.4) is 0 Å². The van der Waals surface area contributed by atoms with E-state index in [1.165, 1.54) is 12.1 Å². The highest BCUT2D eigenvalue weighted by Crippen LogP contribution is 2.34. The Kier molecular flexibility index (Phi) is 4.96.